The van der Waals surface area contributed by atoms with E-state index in [4.69, 9.17) is 13.9 Å². The summed E-state index contributed by atoms with van der Waals surface area (Å²) >= 11 is 1.05. The van der Waals surface area contributed by atoms with Gasteiger partial charge in [0.05, 0.1) is 30.4 Å². The van der Waals surface area contributed by atoms with Crippen LogP contribution in [0.15, 0.2) is 50.9 Å². The van der Waals surface area contributed by atoms with E-state index >= 15 is 0 Å². The van der Waals surface area contributed by atoms with Crippen LogP contribution in [0.3, 0.4) is 0 Å². The second kappa shape index (κ2) is 10.0. The second-order valence-corrected chi connectivity index (χ2v) is 9.25. The predicted molar refractivity (Wildman–Crippen MR) is 120 cm³/mol. The number of methoxy groups -OCH3 is 2. The van der Waals surface area contributed by atoms with E-state index in [2.05, 4.69) is 20.2 Å². The number of benzene rings is 2. The average molecular weight is 479 g/mol. The molecule has 2 aromatic carbocycles. The molecule has 0 bridgehead atoms. The van der Waals surface area contributed by atoms with Crippen molar-refractivity contribution in [1.82, 2.24) is 14.9 Å². The number of amides is 1. The van der Waals surface area contributed by atoms with Crippen molar-refractivity contribution in [2.45, 2.75) is 17.0 Å². The van der Waals surface area contributed by atoms with E-state index in [1.54, 1.807) is 44.4 Å². The highest BCUT2D eigenvalue weighted by atomic mass is 32.2. The van der Waals surface area contributed by atoms with Gasteiger partial charge in [-0.2, -0.15) is 0 Å². The van der Waals surface area contributed by atoms with Crippen molar-refractivity contribution in [1.29, 1.82) is 0 Å². The average Bonchev–Trinajstić information content (AvgIpc) is 3.27. The van der Waals surface area contributed by atoms with Gasteiger partial charge in [-0.15, -0.1) is 10.2 Å². The number of carbonyl (C=O) groups excluding carboxylic acids is 1. The van der Waals surface area contributed by atoms with Crippen LogP contribution >= 0.6 is 11.8 Å². The van der Waals surface area contributed by atoms with E-state index in [1.807, 2.05) is 0 Å². The van der Waals surface area contributed by atoms with Crippen LogP contribution in [-0.4, -0.2) is 51.5 Å². The number of nitrogens with zero attached hydrogens (tertiary/aromatic N) is 2. The van der Waals surface area contributed by atoms with Crippen LogP contribution < -0.4 is 19.5 Å². The minimum Gasteiger partial charge on any atom is -0.497 e. The first kappa shape index (κ1) is 23.6. The molecule has 170 valence electrons. The van der Waals surface area contributed by atoms with Gasteiger partial charge in [-0.25, -0.2) is 13.1 Å². The number of hydrogen-bond acceptors (Lipinski definition) is 9. The predicted octanol–water partition coefficient (Wildman–Crippen LogP) is 2.70. The van der Waals surface area contributed by atoms with Crippen LogP contribution in [-0.2, 0) is 14.8 Å². The van der Waals surface area contributed by atoms with E-state index < -0.39 is 10.0 Å². The number of ether oxygens (including phenoxy) is 2. The lowest BCUT2D eigenvalue weighted by Gasteiger charge is -2.10. The molecule has 1 amide bonds. The van der Waals surface area contributed by atoms with Crippen LogP contribution in [0.5, 0.6) is 11.5 Å². The number of anilines is 1. The lowest BCUT2D eigenvalue weighted by atomic mass is 10.2. The highest BCUT2D eigenvalue weighted by molar-refractivity contribution is 7.99. The molecule has 0 aliphatic rings. The van der Waals surface area contributed by atoms with Crippen molar-refractivity contribution in [2.75, 3.05) is 32.3 Å². The van der Waals surface area contributed by atoms with Gasteiger partial charge < -0.3 is 19.2 Å². The van der Waals surface area contributed by atoms with Crippen LogP contribution in [0.2, 0.25) is 0 Å². The summed E-state index contributed by atoms with van der Waals surface area (Å²) in [5.41, 5.74) is 1.53. The Hall–Kier alpha value is -3.09. The van der Waals surface area contributed by atoms with Gasteiger partial charge in [0.15, 0.2) is 0 Å². The Morgan fingerprint density at radius 2 is 1.91 bits per heavy atom. The number of rotatable bonds is 9. The normalized spacial score (nSPS) is 11.2. The van der Waals surface area contributed by atoms with Crippen molar-refractivity contribution in [2.24, 2.45) is 0 Å². The van der Waals surface area contributed by atoms with Gasteiger partial charge in [-0.3, -0.25) is 4.79 Å². The molecule has 0 spiro atoms. The van der Waals surface area contributed by atoms with Crippen molar-refractivity contribution in [3.63, 3.8) is 0 Å². The molecular weight excluding hydrogens is 456 g/mol. The Morgan fingerprint density at radius 3 is 2.59 bits per heavy atom. The van der Waals surface area contributed by atoms with Gasteiger partial charge in [-0.05, 0) is 43.8 Å². The molecule has 3 rings (SSSR count). The Morgan fingerprint density at radius 1 is 1.12 bits per heavy atom. The van der Waals surface area contributed by atoms with Gasteiger partial charge in [0.25, 0.3) is 11.1 Å². The van der Waals surface area contributed by atoms with Crippen molar-refractivity contribution >= 4 is 33.4 Å². The number of hydrogen-bond donors (Lipinski definition) is 2. The number of aromatic nitrogens is 2. The third kappa shape index (κ3) is 5.39. The Kier molecular flexibility index (Phi) is 7.38. The standard InChI is InChI=1S/C20H22N4O6S2/c1-12-5-6-13(9-17(12)32(26,27)21-2)22-18(25)11-31-20-24-23-19(30-20)15-8-7-14(28-3)10-16(15)29-4/h5-10,21H,11H2,1-4H3,(H,22,25). The number of thioether (sulfide) groups is 1. The zero-order valence-corrected chi connectivity index (χ0v) is 19.5. The largest absolute Gasteiger partial charge is 0.497 e. The molecule has 0 aliphatic heterocycles. The lowest BCUT2D eigenvalue weighted by Crippen LogP contribution is -2.20. The maximum atomic E-state index is 12.3. The fraction of sp³-hybridized carbons (Fsp3) is 0.250. The molecule has 3 aromatic rings. The molecular formula is C20H22N4O6S2. The maximum Gasteiger partial charge on any atom is 0.277 e. The lowest BCUT2D eigenvalue weighted by molar-refractivity contribution is -0.113. The van der Waals surface area contributed by atoms with E-state index in [9.17, 15) is 13.2 Å². The SMILES string of the molecule is CNS(=O)(=O)c1cc(NC(=O)CSc2nnc(-c3ccc(OC)cc3OC)o2)ccc1C. The first-order chi connectivity index (χ1) is 15.3. The van der Waals surface area contributed by atoms with E-state index in [0.717, 1.165) is 11.8 Å². The Balaban J connectivity index is 1.66. The van der Waals surface area contributed by atoms with Gasteiger partial charge in [0, 0.05) is 11.8 Å². The summed E-state index contributed by atoms with van der Waals surface area (Å²) in [5, 5.41) is 10.8. The molecule has 0 saturated carbocycles. The van der Waals surface area contributed by atoms with Crippen LogP contribution in [0.4, 0.5) is 5.69 Å². The molecule has 32 heavy (non-hydrogen) atoms. The number of aryl methyl sites for hydroxylation is 1. The topological polar surface area (TPSA) is 133 Å². The molecule has 2 N–H and O–H groups in total. The molecule has 0 atom stereocenters. The van der Waals surface area contributed by atoms with Gasteiger partial charge in [0.1, 0.15) is 11.5 Å². The van der Waals surface area contributed by atoms with E-state index in [0.29, 0.717) is 28.3 Å². The zero-order valence-electron chi connectivity index (χ0n) is 17.8. The number of sulfonamides is 1. The molecule has 1 heterocycles. The Labute approximate surface area is 189 Å². The molecule has 0 radical (unpaired) electrons. The van der Waals surface area contributed by atoms with Gasteiger partial charge >= 0.3 is 0 Å². The third-order valence-electron chi connectivity index (χ3n) is 4.40. The summed E-state index contributed by atoms with van der Waals surface area (Å²) in [6, 6.07) is 9.84. The second-order valence-electron chi connectivity index (χ2n) is 6.46. The van der Waals surface area contributed by atoms with Crippen molar-refractivity contribution < 1.29 is 27.1 Å². The highest BCUT2D eigenvalue weighted by Crippen LogP contribution is 2.33. The number of carbonyl (C=O) groups is 1. The van der Waals surface area contributed by atoms with Crippen LogP contribution in [0, 0.1) is 6.92 Å². The molecule has 0 fully saturated rings. The molecule has 12 heteroatoms. The molecule has 0 unspecified atom stereocenters. The summed E-state index contributed by atoms with van der Waals surface area (Å²) in [5.74, 6) is 1.01. The summed E-state index contributed by atoms with van der Waals surface area (Å²) < 4.78 is 42.6. The monoisotopic (exact) mass is 478 g/mol. The zero-order chi connectivity index (χ0) is 23.3. The summed E-state index contributed by atoms with van der Waals surface area (Å²) in [4.78, 5) is 12.4. The molecule has 0 aliphatic carbocycles. The fourth-order valence-corrected chi connectivity index (χ4v) is 4.31. The van der Waals surface area contributed by atoms with Gasteiger partial charge in [0.2, 0.25) is 15.9 Å². The molecule has 10 nitrogen and oxygen atoms in total. The third-order valence-corrected chi connectivity index (χ3v) is 6.78. The summed E-state index contributed by atoms with van der Waals surface area (Å²) in [6.45, 7) is 1.68. The molecule has 1 aromatic heterocycles. The highest BCUT2D eigenvalue weighted by Gasteiger charge is 2.18. The van der Waals surface area contributed by atoms with E-state index in [-0.39, 0.29) is 27.7 Å². The summed E-state index contributed by atoms with van der Waals surface area (Å²) in [6.07, 6.45) is 0. The van der Waals surface area contributed by atoms with Crippen molar-refractivity contribution in [3.05, 3.63) is 42.0 Å². The maximum absolute atomic E-state index is 12.3. The minimum atomic E-state index is -3.63. The Bertz CT molecular complexity index is 1230. The first-order valence-electron chi connectivity index (χ1n) is 9.30. The molecule has 0 saturated heterocycles. The summed E-state index contributed by atoms with van der Waals surface area (Å²) in [7, 11) is 0.770. The van der Waals surface area contributed by atoms with Crippen molar-refractivity contribution in [3.8, 4) is 23.0 Å². The van der Waals surface area contributed by atoms with Crippen LogP contribution in [0.25, 0.3) is 11.5 Å². The first-order valence-corrected chi connectivity index (χ1v) is 11.8. The quantitative estimate of drug-likeness (QED) is 0.445. The van der Waals surface area contributed by atoms with E-state index in [1.165, 1.54) is 20.2 Å². The fourth-order valence-electron chi connectivity index (χ4n) is 2.75. The van der Waals surface area contributed by atoms with Gasteiger partial charge in [-0.1, -0.05) is 17.8 Å². The van der Waals surface area contributed by atoms with Crippen LogP contribution in [0.1, 0.15) is 5.56 Å². The minimum absolute atomic E-state index is 0.0105. The smallest absolute Gasteiger partial charge is 0.277 e. The number of nitrogens with one attached hydrogen (secondary N) is 2.